The molecule has 23 heavy (non-hydrogen) atoms. The van der Waals surface area contributed by atoms with E-state index >= 15 is 0 Å². The quantitative estimate of drug-likeness (QED) is 0.835. The Labute approximate surface area is 133 Å². The van der Waals surface area contributed by atoms with Crippen molar-refractivity contribution in [3.8, 4) is 0 Å². The Balaban J connectivity index is 1.49. The summed E-state index contributed by atoms with van der Waals surface area (Å²) in [6.45, 7) is 4.90. The number of oxazole rings is 1. The molecule has 0 atom stereocenters. The van der Waals surface area contributed by atoms with E-state index in [0.717, 1.165) is 24.2 Å². The first-order chi connectivity index (χ1) is 11.0. The van der Waals surface area contributed by atoms with Crippen LogP contribution in [0.3, 0.4) is 0 Å². The minimum Gasteiger partial charge on any atom is -0.431 e. The topological polar surface area (TPSA) is 102 Å². The van der Waals surface area contributed by atoms with Gasteiger partial charge in [-0.2, -0.15) is 10.1 Å². The van der Waals surface area contributed by atoms with Crippen LogP contribution in [0, 0.1) is 19.8 Å². The average molecular weight is 317 g/mol. The Kier molecular flexibility index (Phi) is 4.14. The summed E-state index contributed by atoms with van der Waals surface area (Å²) in [5.74, 6) is -0.398. The monoisotopic (exact) mass is 317 g/mol. The third kappa shape index (κ3) is 3.77. The number of nitrogens with one attached hydrogen (secondary N) is 2. The van der Waals surface area contributed by atoms with Crippen molar-refractivity contribution in [2.75, 3.05) is 11.9 Å². The van der Waals surface area contributed by atoms with E-state index in [1.807, 2.05) is 24.6 Å². The number of aryl methyl sites for hydroxylation is 2. The van der Waals surface area contributed by atoms with Crippen molar-refractivity contribution in [2.24, 2.45) is 5.92 Å². The summed E-state index contributed by atoms with van der Waals surface area (Å²) in [4.78, 5) is 27.6. The first-order valence-electron chi connectivity index (χ1n) is 7.58. The number of amides is 2. The normalized spacial score (nSPS) is 13.8. The van der Waals surface area contributed by atoms with Gasteiger partial charge in [0.25, 0.3) is 5.91 Å². The molecule has 0 unspecified atom stereocenters. The molecular weight excluding hydrogens is 298 g/mol. The number of anilines is 1. The van der Waals surface area contributed by atoms with Gasteiger partial charge in [0.2, 0.25) is 5.91 Å². The summed E-state index contributed by atoms with van der Waals surface area (Å²) < 4.78 is 6.93. The van der Waals surface area contributed by atoms with Gasteiger partial charge in [-0.25, -0.2) is 0 Å². The maximum atomic E-state index is 12.0. The average Bonchev–Trinajstić information content (AvgIpc) is 3.18. The molecule has 2 N–H and O–H groups in total. The second kappa shape index (κ2) is 6.23. The van der Waals surface area contributed by atoms with Crippen LogP contribution in [-0.4, -0.2) is 33.1 Å². The fraction of sp³-hybridized carbons (Fsp3) is 0.467. The smallest absolute Gasteiger partial charge is 0.302 e. The molecule has 1 aliphatic rings. The highest BCUT2D eigenvalue weighted by Crippen LogP contribution is 2.30. The summed E-state index contributed by atoms with van der Waals surface area (Å²) in [5, 5.41) is 9.63. The number of carbonyl (C=O) groups is 2. The van der Waals surface area contributed by atoms with Gasteiger partial charge in [0.1, 0.15) is 6.26 Å². The van der Waals surface area contributed by atoms with Crippen molar-refractivity contribution in [1.82, 2.24) is 20.1 Å². The molecule has 3 rings (SSSR count). The minimum atomic E-state index is -0.345. The van der Waals surface area contributed by atoms with E-state index in [-0.39, 0.29) is 29.4 Å². The molecule has 0 bridgehead atoms. The van der Waals surface area contributed by atoms with E-state index in [0.29, 0.717) is 13.1 Å². The van der Waals surface area contributed by atoms with Gasteiger partial charge < -0.3 is 9.73 Å². The number of rotatable bonds is 6. The van der Waals surface area contributed by atoms with Gasteiger partial charge in [-0.05, 0) is 32.8 Å². The number of nitrogens with zero attached hydrogens (tertiary/aromatic N) is 3. The lowest BCUT2D eigenvalue weighted by molar-refractivity contribution is -0.117. The Hall–Kier alpha value is -2.64. The largest absolute Gasteiger partial charge is 0.431 e. The van der Waals surface area contributed by atoms with Crippen molar-refractivity contribution in [1.29, 1.82) is 0 Å². The molecule has 8 heteroatoms. The van der Waals surface area contributed by atoms with Gasteiger partial charge in [-0.1, -0.05) is 0 Å². The highest BCUT2D eigenvalue weighted by molar-refractivity contribution is 5.94. The van der Waals surface area contributed by atoms with Crippen LogP contribution in [0.1, 0.15) is 34.7 Å². The molecule has 8 nitrogen and oxygen atoms in total. The third-order valence-corrected chi connectivity index (χ3v) is 3.63. The van der Waals surface area contributed by atoms with Crippen LogP contribution in [0.15, 0.2) is 16.7 Å². The zero-order valence-electron chi connectivity index (χ0n) is 13.1. The molecule has 0 aromatic carbocycles. The number of hydrogen-bond acceptors (Lipinski definition) is 5. The molecule has 1 saturated carbocycles. The van der Waals surface area contributed by atoms with E-state index in [4.69, 9.17) is 4.42 Å². The molecule has 2 heterocycles. The van der Waals surface area contributed by atoms with Crippen LogP contribution in [0.25, 0.3) is 0 Å². The van der Waals surface area contributed by atoms with Crippen LogP contribution in [-0.2, 0) is 11.3 Å². The van der Waals surface area contributed by atoms with Gasteiger partial charge in [0, 0.05) is 18.2 Å². The molecule has 0 radical (unpaired) electrons. The Morgan fingerprint density at radius 3 is 2.83 bits per heavy atom. The molecule has 2 aromatic heterocycles. The molecule has 1 aliphatic carbocycles. The van der Waals surface area contributed by atoms with E-state index in [2.05, 4.69) is 20.7 Å². The number of carbonyl (C=O) groups excluding carboxylic acids is 2. The predicted octanol–water partition coefficient (Wildman–Crippen LogP) is 1.27. The fourth-order valence-electron chi connectivity index (χ4n) is 2.26. The summed E-state index contributed by atoms with van der Waals surface area (Å²) in [5.41, 5.74) is 2.13. The first kappa shape index (κ1) is 15.3. The zero-order valence-corrected chi connectivity index (χ0v) is 13.1. The van der Waals surface area contributed by atoms with Crippen molar-refractivity contribution in [3.63, 3.8) is 0 Å². The van der Waals surface area contributed by atoms with E-state index < -0.39 is 0 Å². The number of hydrogen-bond donors (Lipinski definition) is 2. The maximum absolute atomic E-state index is 12.0. The minimum absolute atomic E-state index is 0.0555. The van der Waals surface area contributed by atoms with Gasteiger partial charge >= 0.3 is 6.01 Å². The SMILES string of the molecule is Cc1cc(C)n(CCNC(=O)c2coc(NC(=O)C3CC3)n2)n1. The van der Waals surface area contributed by atoms with Gasteiger partial charge in [0.15, 0.2) is 5.69 Å². The molecule has 0 saturated heterocycles. The Bertz CT molecular complexity index is 729. The van der Waals surface area contributed by atoms with Crippen LogP contribution in [0.2, 0.25) is 0 Å². The highest BCUT2D eigenvalue weighted by Gasteiger charge is 2.30. The second-order valence-corrected chi connectivity index (χ2v) is 5.71. The van der Waals surface area contributed by atoms with E-state index in [9.17, 15) is 9.59 Å². The fourth-order valence-corrected chi connectivity index (χ4v) is 2.26. The summed E-state index contributed by atoms with van der Waals surface area (Å²) in [6.07, 6.45) is 3.03. The van der Waals surface area contributed by atoms with Crippen LogP contribution in [0.4, 0.5) is 6.01 Å². The Morgan fingerprint density at radius 1 is 1.39 bits per heavy atom. The molecule has 2 aromatic rings. The van der Waals surface area contributed by atoms with E-state index in [1.54, 1.807) is 0 Å². The lowest BCUT2D eigenvalue weighted by atomic mass is 10.4. The molecular formula is C15H19N5O3. The highest BCUT2D eigenvalue weighted by atomic mass is 16.4. The van der Waals surface area contributed by atoms with Crippen molar-refractivity contribution >= 4 is 17.8 Å². The summed E-state index contributed by atoms with van der Waals surface area (Å²) >= 11 is 0. The molecule has 0 spiro atoms. The molecule has 0 aliphatic heterocycles. The lowest BCUT2D eigenvalue weighted by Crippen LogP contribution is -2.28. The lowest BCUT2D eigenvalue weighted by Gasteiger charge is -2.05. The molecule has 122 valence electrons. The number of aromatic nitrogens is 3. The Morgan fingerprint density at radius 2 is 2.17 bits per heavy atom. The van der Waals surface area contributed by atoms with E-state index in [1.165, 1.54) is 6.26 Å². The summed E-state index contributed by atoms with van der Waals surface area (Å²) in [7, 11) is 0. The van der Waals surface area contributed by atoms with Crippen molar-refractivity contribution in [2.45, 2.75) is 33.2 Å². The van der Waals surface area contributed by atoms with Crippen LogP contribution < -0.4 is 10.6 Å². The van der Waals surface area contributed by atoms with Gasteiger partial charge in [0.05, 0.1) is 12.2 Å². The van der Waals surface area contributed by atoms with Crippen LogP contribution in [0.5, 0.6) is 0 Å². The molecule has 1 fully saturated rings. The van der Waals surface area contributed by atoms with Gasteiger partial charge in [-0.15, -0.1) is 0 Å². The predicted molar refractivity (Wildman–Crippen MR) is 81.9 cm³/mol. The zero-order chi connectivity index (χ0) is 16.4. The van der Waals surface area contributed by atoms with Crippen LogP contribution >= 0.6 is 0 Å². The van der Waals surface area contributed by atoms with Crippen molar-refractivity contribution < 1.29 is 14.0 Å². The standard InChI is InChI=1S/C15H19N5O3/c1-9-7-10(2)20(19-9)6-5-16-14(22)12-8-23-15(17-12)18-13(21)11-3-4-11/h7-8,11H,3-6H2,1-2H3,(H,16,22)(H,17,18,21). The van der Waals surface area contributed by atoms with Crippen molar-refractivity contribution in [3.05, 3.63) is 29.4 Å². The third-order valence-electron chi connectivity index (χ3n) is 3.63. The first-order valence-corrected chi connectivity index (χ1v) is 7.58. The second-order valence-electron chi connectivity index (χ2n) is 5.71. The molecule has 2 amide bonds. The van der Waals surface area contributed by atoms with Gasteiger partial charge in [-0.3, -0.25) is 19.6 Å². The maximum Gasteiger partial charge on any atom is 0.302 e. The summed E-state index contributed by atoms with van der Waals surface area (Å²) in [6, 6.07) is 2.04.